The molecule has 6 rings (SSSR count). The van der Waals surface area contributed by atoms with Crippen molar-refractivity contribution in [3.63, 3.8) is 0 Å². The molecule has 0 radical (unpaired) electrons. The Morgan fingerprint density at radius 2 is 1.60 bits per heavy atom. The van der Waals surface area contributed by atoms with Crippen molar-refractivity contribution in [3.05, 3.63) is 107 Å². The fourth-order valence-electron chi connectivity index (χ4n) is 5.46. The molecule has 0 unspecified atom stereocenters. The van der Waals surface area contributed by atoms with Gasteiger partial charge in [0.1, 0.15) is 11.6 Å². The molecule has 4 aromatic carbocycles. The molecule has 40 heavy (non-hydrogen) atoms. The van der Waals surface area contributed by atoms with Gasteiger partial charge in [0.05, 0.1) is 27.6 Å². The number of rotatable bonds is 7. The van der Waals surface area contributed by atoms with Gasteiger partial charge in [-0.1, -0.05) is 61.5 Å². The molecule has 0 aliphatic heterocycles. The van der Waals surface area contributed by atoms with Gasteiger partial charge in [-0.15, -0.1) is 0 Å². The van der Waals surface area contributed by atoms with Crippen molar-refractivity contribution in [1.82, 2.24) is 19.1 Å². The fraction of sp³-hybridized carbons (Fsp3) is 0.182. The third kappa shape index (κ3) is 4.99. The number of carbonyl (C=O) groups is 1. The maximum absolute atomic E-state index is 11.7. The number of benzene rings is 4. The molecule has 0 aliphatic carbocycles. The Kier molecular flexibility index (Phi) is 7.95. The topological polar surface area (TPSA) is 72.9 Å². The van der Waals surface area contributed by atoms with Crippen LogP contribution < -0.4 is 0 Å². The zero-order valence-corrected chi connectivity index (χ0v) is 22.3. The summed E-state index contributed by atoms with van der Waals surface area (Å²) in [6.07, 6.45) is 1.89. The van der Waals surface area contributed by atoms with Crippen LogP contribution in [-0.2, 0) is 20.0 Å². The molecular weight excluding hydrogens is 507 g/mol. The number of aromatic nitrogens is 4. The van der Waals surface area contributed by atoms with E-state index >= 15 is 0 Å². The maximum atomic E-state index is 11.7. The quantitative estimate of drug-likeness (QED) is 0.232. The number of fused-ring (bicyclic) bond motifs is 2. The molecule has 7 heteroatoms. The van der Waals surface area contributed by atoms with Crippen LogP contribution in [0.3, 0.4) is 0 Å². The summed E-state index contributed by atoms with van der Waals surface area (Å²) in [5.41, 5.74) is 9.46. The number of carboxylic acid groups (broad SMARTS) is 1. The predicted octanol–water partition coefficient (Wildman–Crippen LogP) is 6.62. The van der Waals surface area contributed by atoms with E-state index in [0.717, 1.165) is 74.4 Å². The number of para-hydroxylation sites is 2. The Morgan fingerprint density at radius 3 is 2.33 bits per heavy atom. The van der Waals surface area contributed by atoms with Gasteiger partial charge < -0.3 is 14.2 Å². The van der Waals surface area contributed by atoms with Gasteiger partial charge in [0.15, 0.2) is 0 Å². The first-order valence-electron chi connectivity index (χ1n) is 13.3. The van der Waals surface area contributed by atoms with Gasteiger partial charge in [0, 0.05) is 25.6 Å². The summed E-state index contributed by atoms with van der Waals surface area (Å²) in [6.45, 7) is 4.98. The van der Waals surface area contributed by atoms with E-state index in [4.69, 9.17) is 9.97 Å². The number of carboxylic acids is 1. The Labute approximate surface area is 255 Å². The Hall–Kier alpha value is -3.71. The average molecular weight is 539 g/mol. The van der Waals surface area contributed by atoms with Crippen LogP contribution >= 0.6 is 0 Å². The van der Waals surface area contributed by atoms with E-state index in [1.165, 1.54) is 0 Å². The predicted molar refractivity (Wildman–Crippen MR) is 163 cm³/mol. The van der Waals surface area contributed by atoms with Crippen molar-refractivity contribution < 1.29 is 9.90 Å². The summed E-state index contributed by atoms with van der Waals surface area (Å²) in [5.74, 6) is 1.08. The first-order chi connectivity index (χ1) is 18.9. The fourth-order valence-corrected chi connectivity index (χ4v) is 5.46. The molecule has 0 fully saturated rings. The molecule has 0 bridgehead atoms. The summed E-state index contributed by atoms with van der Waals surface area (Å²) in [5, 5.41) is 9.60. The molecule has 2 aromatic heterocycles. The van der Waals surface area contributed by atoms with Crippen molar-refractivity contribution in [1.29, 1.82) is 0 Å². The van der Waals surface area contributed by atoms with Gasteiger partial charge in [-0.2, -0.15) is 0 Å². The zero-order valence-electron chi connectivity index (χ0n) is 22.3. The molecule has 196 valence electrons. The molecule has 6 nitrogen and oxygen atoms in total. The second-order valence-corrected chi connectivity index (χ2v) is 10.1. The Morgan fingerprint density at radius 1 is 0.875 bits per heavy atom. The second-order valence-electron chi connectivity index (χ2n) is 10.1. The van der Waals surface area contributed by atoms with Crippen LogP contribution in [0.5, 0.6) is 0 Å². The van der Waals surface area contributed by atoms with E-state index in [1.807, 2.05) is 42.5 Å². The number of imidazole rings is 2. The molecule has 0 spiro atoms. The van der Waals surface area contributed by atoms with Crippen molar-refractivity contribution in [2.75, 3.05) is 0 Å². The summed E-state index contributed by atoms with van der Waals surface area (Å²) in [6, 6.07) is 27.9. The molecule has 0 amide bonds. The van der Waals surface area contributed by atoms with Gasteiger partial charge in [0.2, 0.25) is 0 Å². The SMILES string of the molecule is CCCc1nc2c(C)cc(-c3nc4ccccc4n3C)cc2n1Cc1ccc(-c2ccccc2C(=O)O)cc1.[NaH]. The van der Waals surface area contributed by atoms with Crippen LogP contribution in [0.2, 0.25) is 0 Å². The summed E-state index contributed by atoms with van der Waals surface area (Å²) in [4.78, 5) is 21.7. The number of nitrogens with zero attached hydrogens (tertiary/aromatic N) is 4. The van der Waals surface area contributed by atoms with Crippen LogP contribution in [0.25, 0.3) is 44.6 Å². The third-order valence-electron chi connectivity index (χ3n) is 7.41. The van der Waals surface area contributed by atoms with Gasteiger partial charge in [-0.05, 0) is 65.9 Å². The van der Waals surface area contributed by atoms with Gasteiger partial charge in [-0.25, -0.2) is 14.8 Å². The van der Waals surface area contributed by atoms with Crippen LogP contribution in [0.15, 0.2) is 84.9 Å². The molecule has 0 aliphatic rings. The molecule has 0 atom stereocenters. The summed E-state index contributed by atoms with van der Waals surface area (Å²) >= 11 is 0. The Bertz CT molecular complexity index is 1850. The number of aromatic carboxylic acids is 1. The first-order valence-corrected chi connectivity index (χ1v) is 13.3. The zero-order chi connectivity index (χ0) is 27.1. The molecule has 0 saturated heterocycles. The van der Waals surface area contributed by atoms with E-state index in [0.29, 0.717) is 12.1 Å². The van der Waals surface area contributed by atoms with Crippen LogP contribution in [0.4, 0.5) is 0 Å². The van der Waals surface area contributed by atoms with Crippen molar-refractivity contribution in [2.45, 2.75) is 33.2 Å². The average Bonchev–Trinajstić information content (AvgIpc) is 3.47. The summed E-state index contributed by atoms with van der Waals surface area (Å²) < 4.78 is 4.47. The molecule has 2 heterocycles. The number of hydrogen-bond donors (Lipinski definition) is 1. The second kappa shape index (κ2) is 11.4. The minimum atomic E-state index is -0.921. The van der Waals surface area contributed by atoms with E-state index < -0.39 is 5.97 Å². The molecule has 0 saturated carbocycles. The number of hydrogen-bond acceptors (Lipinski definition) is 3. The molecular formula is C33H31N4NaO2. The number of aryl methyl sites for hydroxylation is 3. The van der Waals surface area contributed by atoms with Crippen molar-refractivity contribution in [3.8, 4) is 22.5 Å². The van der Waals surface area contributed by atoms with E-state index in [9.17, 15) is 9.90 Å². The van der Waals surface area contributed by atoms with E-state index in [1.54, 1.807) is 12.1 Å². The Balaban J connectivity index is 0.00000323. The standard InChI is InChI=1S/C33H30N4O2.Na.H/c1-4-9-30-35-31-21(2)18-24(32-34-27-12-7-8-13-28(27)36(32)3)19-29(31)37(30)20-22-14-16-23(17-15-22)25-10-5-6-11-26(25)33(38)39;;/h5-8,10-19H,4,9,20H2,1-3H3,(H,38,39);;. The normalized spacial score (nSPS) is 11.2. The van der Waals surface area contributed by atoms with Crippen LogP contribution in [-0.4, -0.2) is 59.7 Å². The monoisotopic (exact) mass is 538 g/mol. The van der Waals surface area contributed by atoms with E-state index in [-0.39, 0.29) is 29.6 Å². The van der Waals surface area contributed by atoms with Crippen molar-refractivity contribution in [2.24, 2.45) is 7.05 Å². The van der Waals surface area contributed by atoms with Gasteiger partial charge >= 0.3 is 35.5 Å². The van der Waals surface area contributed by atoms with Gasteiger partial charge in [-0.3, -0.25) is 0 Å². The van der Waals surface area contributed by atoms with E-state index in [2.05, 4.69) is 60.4 Å². The first kappa shape index (κ1) is 27.8. The molecule has 6 aromatic rings. The van der Waals surface area contributed by atoms with Crippen LogP contribution in [0, 0.1) is 6.92 Å². The van der Waals surface area contributed by atoms with Crippen LogP contribution in [0.1, 0.15) is 40.7 Å². The summed E-state index contributed by atoms with van der Waals surface area (Å²) in [7, 11) is 2.06. The van der Waals surface area contributed by atoms with Gasteiger partial charge in [0.25, 0.3) is 0 Å². The van der Waals surface area contributed by atoms with Crippen molar-refractivity contribution >= 4 is 57.6 Å². The molecule has 1 N–H and O–H groups in total. The minimum absolute atomic E-state index is 0. The third-order valence-corrected chi connectivity index (χ3v) is 7.41.